The van der Waals surface area contributed by atoms with E-state index in [-0.39, 0.29) is 55.5 Å². The molecule has 5 N–H and O–H groups in total. The Morgan fingerprint density at radius 1 is 0.909 bits per heavy atom. The number of fused-ring (bicyclic) bond motifs is 1. The number of aromatic amines is 1. The lowest BCUT2D eigenvalue weighted by Gasteiger charge is -2.31. The fourth-order valence-corrected chi connectivity index (χ4v) is 8.32. The zero-order valence-corrected chi connectivity index (χ0v) is 32.1. The van der Waals surface area contributed by atoms with Crippen molar-refractivity contribution in [2.24, 2.45) is 0 Å². The monoisotopic (exact) mass is 753 g/mol. The van der Waals surface area contributed by atoms with Gasteiger partial charge in [0.15, 0.2) is 17.3 Å². The number of nitrogens with zero attached hydrogens (tertiary/aromatic N) is 1. The molecule has 0 bridgehead atoms. The standard InChI is InChI=1S/C44H55N3O8/c1-44(16-3-4-17-44)37-27-34(43(46-37)47-20-18-45-19-21-47)31-9-5-8-29(26-31)10-15-33-39-38(35(51)28-36(55-39)30-11-13-32(50)14-12-30)41(54-25-7-23-49)42(52-2)40(33)53-24-6-22-48/h5,8-9,11-14,26-27,36,45-46,48-50H,3-4,6-7,10,15-25,28H2,1-2H3. The third kappa shape index (κ3) is 8.29. The average Bonchev–Trinajstić information content (AvgIpc) is 3.86. The number of anilines is 1. The minimum Gasteiger partial charge on any atom is -0.508 e. The van der Waals surface area contributed by atoms with Crippen molar-refractivity contribution in [3.63, 3.8) is 0 Å². The minimum absolute atomic E-state index is 0.0525. The first kappa shape index (κ1) is 38.6. The normalized spacial score (nSPS) is 17.9. The highest BCUT2D eigenvalue weighted by atomic mass is 16.5. The van der Waals surface area contributed by atoms with Crippen LogP contribution in [0, 0.1) is 0 Å². The molecule has 0 radical (unpaired) electrons. The van der Waals surface area contributed by atoms with E-state index in [9.17, 15) is 20.1 Å². The van der Waals surface area contributed by atoms with Gasteiger partial charge in [-0.1, -0.05) is 56.2 Å². The van der Waals surface area contributed by atoms with Crippen molar-refractivity contribution in [2.75, 3.05) is 64.6 Å². The van der Waals surface area contributed by atoms with E-state index < -0.39 is 6.10 Å². The maximum Gasteiger partial charge on any atom is 0.204 e. The molecule has 1 unspecified atom stereocenters. The van der Waals surface area contributed by atoms with Gasteiger partial charge in [0, 0.05) is 74.5 Å². The lowest BCUT2D eigenvalue weighted by molar-refractivity contribution is 0.0836. The minimum atomic E-state index is -0.598. The van der Waals surface area contributed by atoms with Crippen LogP contribution in [0.1, 0.15) is 90.7 Å². The Balaban J connectivity index is 1.28. The highest BCUT2D eigenvalue weighted by Gasteiger charge is 2.38. The highest BCUT2D eigenvalue weighted by molar-refractivity contribution is 6.04. The van der Waals surface area contributed by atoms with Gasteiger partial charge < -0.3 is 49.5 Å². The molecule has 11 nitrogen and oxygen atoms in total. The molecule has 55 heavy (non-hydrogen) atoms. The first-order valence-electron chi connectivity index (χ1n) is 19.8. The Hall–Kier alpha value is -4.71. The summed E-state index contributed by atoms with van der Waals surface area (Å²) in [7, 11) is 1.52. The number of nitrogens with one attached hydrogen (secondary N) is 2. The molecule has 3 heterocycles. The number of ether oxygens (including phenoxy) is 4. The zero-order chi connectivity index (χ0) is 38.4. The molecule has 4 aromatic rings. The van der Waals surface area contributed by atoms with E-state index in [1.54, 1.807) is 24.3 Å². The van der Waals surface area contributed by atoms with Gasteiger partial charge in [0.25, 0.3) is 0 Å². The summed E-state index contributed by atoms with van der Waals surface area (Å²) in [5.74, 6) is 2.45. The molecule has 1 aliphatic carbocycles. The highest BCUT2D eigenvalue weighted by Crippen LogP contribution is 2.53. The molecular formula is C44H55N3O8. The number of aliphatic hydroxyl groups is 2. The van der Waals surface area contributed by atoms with Crippen molar-refractivity contribution in [3.05, 3.63) is 82.5 Å². The number of aromatic hydroxyl groups is 1. The summed E-state index contributed by atoms with van der Waals surface area (Å²) < 4.78 is 25.2. The van der Waals surface area contributed by atoms with Crippen molar-refractivity contribution in [3.8, 4) is 39.9 Å². The number of benzene rings is 3. The van der Waals surface area contributed by atoms with Crippen LogP contribution in [-0.4, -0.2) is 85.8 Å². The summed E-state index contributed by atoms with van der Waals surface area (Å²) in [5.41, 5.74) is 6.68. The molecule has 3 aliphatic rings. The van der Waals surface area contributed by atoms with Crippen molar-refractivity contribution in [1.82, 2.24) is 10.3 Å². The first-order valence-corrected chi connectivity index (χ1v) is 19.8. The molecule has 1 atom stereocenters. The smallest absolute Gasteiger partial charge is 0.204 e. The SMILES string of the molecule is COc1c(OCCCO)c(CCc2cccc(-c3cc(C4(C)CCCC4)[nH]c3N3CCNCC3)c2)c2c(c1OCCCO)C(=O)CC(c1ccc(O)cc1)O2. The molecule has 3 aromatic carbocycles. The van der Waals surface area contributed by atoms with Crippen LogP contribution < -0.4 is 29.2 Å². The van der Waals surface area contributed by atoms with E-state index in [1.807, 2.05) is 0 Å². The molecule has 0 amide bonds. The number of ketones is 1. The number of aromatic nitrogens is 1. The van der Waals surface area contributed by atoms with Crippen LogP contribution in [0.25, 0.3) is 11.1 Å². The van der Waals surface area contributed by atoms with Gasteiger partial charge in [-0.25, -0.2) is 0 Å². The molecule has 0 spiro atoms. The summed E-state index contributed by atoms with van der Waals surface area (Å²) in [4.78, 5) is 20.5. The number of piperazine rings is 1. The van der Waals surface area contributed by atoms with Gasteiger partial charge in [-0.2, -0.15) is 0 Å². The van der Waals surface area contributed by atoms with Crippen LogP contribution in [0.2, 0.25) is 0 Å². The molecule has 7 rings (SSSR count). The summed E-state index contributed by atoms with van der Waals surface area (Å²) in [5, 5.41) is 32.6. The maximum absolute atomic E-state index is 14.1. The maximum atomic E-state index is 14.1. The molecule has 11 heteroatoms. The molecule has 1 saturated heterocycles. The van der Waals surface area contributed by atoms with Gasteiger partial charge >= 0.3 is 0 Å². The fraction of sp³-hybridized carbons (Fsp3) is 0.477. The van der Waals surface area contributed by atoms with Crippen molar-refractivity contribution in [1.29, 1.82) is 0 Å². The third-order valence-electron chi connectivity index (χ3n) is 11.4. The number of aliphatic hydroxyl groups excluding tert-OH is 2. The number of phenolic OH excluding ortho intramolecular Hbond substituents is 1. The van der Waals surface area contributed by atoms with E-state index in [0.717, 1.165) is 42.9 Å². The summed E-state index contributed by atoms with van der Waals surface area (Å²) >= 11 is 0. The second-order valence-electron chi connectivity index (χ2n) is 15.2. The second-order valence-corrected chi connectivity index (χ2v) is 15.2. The summed E-state index contributed by atoms with van der Waals surface area (Å²) in [6, 6.07) is 17.8. The van der Waals surface area contributed by atoms with Crippen molar-refractivity contribution >= 4 is 11.6 Å². The van der Waals surface area contributed by atoms with Crippen LogP contribution in [0.4, 0.5) is 5.82 Å². The van der Waals surface area contributed by atoms with Gasteiger partial charge in [-0.3, -0.25) is 4.79 Å². The van der Waals surface area contributed by atoms with Crippen LogP contribution in [0.3, 0.4) is 0 Å². The van der Waals surface area contributed by atoms with Gasteiger partial charge in [0.05, 0.1) is 26.7 Å². The summed E-state index contributed by atoms with van der Waals surface area (Å²) in [6.45, 7) is 6.42. The van der Waals surface area contributed by atoms with Crippen molar-refractivity contribution in [2.45, 2.75) is 76.2 Å². The lowest BCUT2D eigenvalue weighted by atomic mass is 9.85. The fourth-order valence-electron chi connectivity index (χ4n) is 8.32. The number of carbonyl (C=O) groups is 1. The average molecular weight is 754 g/mol. The van der Waals surface area contributed by atoms with E-state index in [1.165, 1.54) is 49.9 Å². The van der Waals surface area contributed by atoms with Gasteiger partial charge in [0.1, 0.15) is 29.0 Å². The van der Waals surface area contributed by atoms with Crippen LogP contribution in [0.5, 0.6) is 28.7 Å². The number of Topliss-reactive ketones (excluding diaryl/α,β-unsaturated/α-hetero) is 1. The Morgan fingerprint density at radius 3 is 2.31 bits per heavy atom. The third-order valence-corrected chi connectivity index (χ3v) is 11.4. The topological polar surface area (TPSA) is 146 Å². The number of rotatable bonds is 16. The molecule has 294 valence electrons. The van der Waals surface area contributed by atoms with Gasteiger partial charge in [0.2, 0.25) is 5.75 Å². The van der Waals surface area contributed by atoms with E-state index in [4.69, 9.17) is 18.9 Å². The predicted molar refractivity (Wildman–Crippen MR) is 212 cm³/mol. The molecule has 2 fully saturated rings. The number of carbonyl (C=O) groups excluding carboxylic acids is 1. The number of hydrogen-bond acceptors (Lipinski definition) is 10. The molecule has 2 aliphatic heterocycles. The largest absolute Gasteiger partial charge is 0.508 e. The number of aryl methyl sites for hydroxylation is 1. The Morgan fingerprint density at radius 2 is 1.62 bits per heavy atom. The van der Waals surface area contributed by atoms with E-state index >= 15 is 0 Å². The molecule has 1 saturated carbocycles. The molecular weight excluding hydrogens is 698 g/mol. The number of methoxy groups -OCH3 is 1. The Bertz CT molecular complexity index is 1930. The zero-order valence-electron chi connectivity index (χ0n) is 32.1. The first-order chi connectivity index (χ1) is 26.8. The number of H-pyrrole nitrogens is 1. The predicted octanol–water partition coefficient (Wildman–Crippen LogP) is 6.65. The van der Waals surface area contributed by atoms with Crippen LogP contribution in [-0.2, 0) is 18.3 Å². The quantitative estimate of drug-likeness (QED) is 0.0789. The molecule has 1 aromatic heterocycles. The van der Waals surface area contributed by atoms with E-state index in [2.05, 4.69) is 52.5 Å². The van der Waals surface area contributed by atoms with Crippen LogP contribution in [0.15, 0.2) is 54.6 Å². The number of hydrogen-bond donors (Lipinski definition) is 5. The Kier molecular flexibility index (Phi) is 12.2. The van der Waals surface area contributed by atoms with Gasteiger partial charge in [-0.05, 0) is 60.6 Å². The lowest BCUT2D eigenvalue weighted by Crippen LogP contribution is -2.43. The summed E-state index contributed by atoms with van der Waals surface area (Å²) in [6.07, 6.45) is 6.19. The van der Waals surface area contributed by atoms with Gasteiger partial charge in [-0.15, -0.1) is 0 Å². The number of phenols is 1. The van der Waals surface area contributed by atoms with E-state index in [0.29, 0.717) is 54.1 Å². The Labute approximate surface area is 323 Å². The van der Waals surface area contributed by atoms with Crippen molar-refractivity contribution < 1.29 is 39.1 Å². The van der Waals surface area contributed by atoms with Crippen LogP contribution >= 0.6 is 0 Å². The second kappa shape index (κ2) is 17.4.